The Hall–Kier alpha value is -1.53. The summed E-state index contributed by atoms with van der Waals surface area (Å²) in [6.07, 6.45) is 2.00. The predicted octanol–water partition coefficient (Wildman–Crippen LogP) is 0.461. The molecule has 0 aromatic carbocycles. The van der Waals surface area contributed by atoms with Crippen LogP contribution in [0.15, 0.2) is 12.4 Å². The second kappa shape index (κ2) is 3.56. The Labute approximate surface area is 90.7 Å². The Morgan fingerprint density at radius 3 is 2.80 bits per heavy atom. The molecule has 2 aromatic heterocycles. The molecule has 2 rings (SSSR count). The first-order chi connectivity index (χ1) is 7.11. The van der Waals surface area contributed by atoms with Crippen LogP contribution in [-0.2, 0) is 7.05 Å². The normalized spacial score (nSPS) is 13.0. The van der Waals surface area contributed by atoms with Gasteiger partial charge >= 0.3 is 0 Å². The average molecular weight is 228 g/mol. The summed E-state index contributed by atoms with van der Waals surface area (Å²) in [5.74, 6) is 0.319. The number of nitrogen functional groups attached to an aromatic ring is 1. The highest BCUT2D eigenvalue weighted by molar-refractivity contribution is 6.31. The van der Waals surface area contributed by atoms with Crippen molar-refractivity contribution in [3.8, 4) is 0 Å². The van der Waals surface area contributed by atoms with Gasteiger partial charge in [0.1, 0.15) is 11.9 Å². The van der Waals surface area contributed by atoms with Crippen molar-refractivity contribution in [2.24, 2.45) is 7.05 Å². The second-order valence-corrected chi connectivity index (χ2v) is 3.55. The van der Waals surface area contributed by atoms with Crippen LogP contribution in [0.2, 0.25) is 5.02 Å². The highest BCUT2D eigenvalue weighted by Crippen LogP contribution is 2.29. The maximum absolute atomic E-state index is 10.0. The summed E-state index contributed by atoms with van der Waals surface area (Å²) >= 11 is 5.89. The van der Waals surface area contributed by atoms with Crippen LogP contribution in [-0.4, -0.2) is 25.1 Å². The number of aliphatic hydroxyl groups excluding tert-OH is 1. The minimum atomic E-state index is -0.927. The van der Waals surface area contributed by atoms with Crippen LogP contribution in [0.3, 0.4) is 0 Å². The molecule has 0 fully saturated rings. The fourth-order valence-electron chi connectivity index (χ4n) is 1.40. The number of halogens is 1. The third-order valence-corrected chi connectivity index (χ3v) is 2.48. The maximum atomic E-state index is 10.0. The number of hydrogen-bond acceptors (Lipinski definition) is 4. The molecule has 15 heavy (non-hydrogen) atoms. The highest BCUT2D eigenvalue weighted by atomic mass is 35.5. The van der Waals surface area contributed by atoms with Crippen molar-refractivity contribution >= 4 is 17.4 Å². The van der Waals surface area contributed by atoms with E-state index in [1.54, 1.807) is 7.05 Å². The van der Waals surface area contributed by atoms with Crippen LogP contribution in [0.4, 0.5) is 5.82 Å². The van der Waals surface area contributed by atoms with E-state index >= 15 is 0 Å². The lowest BCUT2D eigenvalue weighted by Crippen LogP contribution is -2.08. The minimum absolute atomic E-state index is 0.319. The van der Waals surface area contributed by atoms with Gasteiger partial charge in [-0.05, 0) is 0 Å². The lowest BCUT2D eigenvalue weighted by Gasteiger charge is -2.10. The molecular weight excluding hydrogens is 218 g/mol. The van der Waals surface area contributed by atoms with E-state index in [0.717, 1.165) is 0 Å². The number of aromatic nitrogens is 4. The van der Waals surface area contributed by atoms with Gasteiger partial charge in [-0.3, -0.25) is 9.78 Å². The van der Waals surface area contributed by atoms with Gasteiger partial charge in [-0.25, -0.2) is 0 Å². The Morgan fingerprint density at radius 2 is 2.33 bits per heavy atom. The topological polar surface area (TPSA) is 92.7 Å². The van der Waals surface area contributed by atoms with Gasteiger partial charge in [-0.15, -0.1) is 0 Å². The van der Waals surface area contributed by atoms with Crippen molar-refractivity contribution in [1.29, 1.82) is 0 Å². The SMILES string of the molecule is Cn1ncc(Cl)c1C(O)c1cn[nH]c1N. The molecule has 80 valence electrons. The Bertz CT molecular complexity index is 458. The molecule has 2 aromatic rings. The van der Waals surface area contributed by atoms with E-state index in [4.69, 9.17) is 17.3 Å². The molecule has 0 aliphatic heterocycles. The first-order valence-corrected chi connectivity index (χ1v) is 4.63. The average Bonchev–Trinajstić information content (AvgIpc) is 2.73. The van der Waals surface area contributed by atoms with Gasteiger partial charge in [0.2, 0.25) is 0 Å². The van der Waals surface area contributed by atoms with E-state index in [9.17, 15) is 5.11 Å². The number of aliphatic hydroxyl groups is 1. The van der Waals surface area contributed by atoms with E-state index in [1.165, 1.54) is 17.1 Å². The summed E-state index contributed by atoms with van der Waals surface area (Å²) in [5.41, 5.74) is 6.57. The molecule has 0 amide bonds. The zero-order valence-electron chi connectivity index (χ0n) is 7.98. The van der Waals surface area contributed by atoms with Crippen LogP contribution < -0.4 is 5.73 Å². The third-order valence-electron chi connectivity index (χ3n) is 2.19. The van der Waals surface area contributed by atoms with Crippen LogP contribution in [0.1, 0.15) is 17.4 Å². The number of nitrogens with one attached hydrogen (secondary N) is 1. The van der Waals surface area contributed by atoms with Crippen molar-refractivity contribution in [1.82, 2.24) is 20.0 Å². The van der Waals surface area contributed by atoms with E-state index < -0.39 is 6.10 Å². The maximum Gasteiger partial charge on any atom is 0.127 e. The first kappa shape index (κ1) is 10.0. The van der Waals surface area contributed by atoms with Crippen molar-refractivity contribution in [3.63, 3.8) is 0 Å². The van der Waals surface area contributed by atoms with Gasteiger partial charge in [-0.2, -0.15) is 10.2 Å². The number of aryl methyl sites for hydroxylation is 1. The molecule has 0 saturated carbocycles. The Kier molecular flexibility index (Phi) is 2.37. The number of nitrogens with zero attached hydrogens (tertiary/aromatic N) is 3. The molecule has 6 nitrogen and oxygen atoms in total. The van der Waals surface area contributed by atoms with Crippen molar-refractivity contribution in [2.75, 3.05) is 5.73 Å². The molecule has 4 N–H and O–H groups in total. The van der Waals surface area contributed by atoms with Crippen molar-refractivity contribution < 1.29 is 5.11 Å². The lowest BCUT2D eigenvalue weighted by molar-refractivity contribution is 0.210. The molecule has 0 bridgehead atoms. The van der Waals surface area contributed by atoms with Gasteiger partial charge in [0.05, 0.1) is 23.1 Å². The number of rotatable bonds is 2. The molecule has 2 heterocycles. The predicted molar refractivity (Wildman–Crippen MR) is 55.3 cm³/mol. The number of nitrogens with two attached hydrogens (primary N) is 1. The number of H-pyrrole nitrogens is 1. The molecule has 1 atom stereocenters. The monoisotopic (exact) mass is 227 g/mol. The van der Waals surface area contributed by atoms with Gasteiger partial charge in [0.15, 0.2) is 0 Å². The van der Waals surface area contributed by atoms with Gasteiger partial charge in [0.25, 0.3) is 0 Å². The van der Waals surface area contributed by atoms with Crippen molar-refractivity contribution in [3.05, 3.63) is 28.7 Å². The highest BCUT2D eigenvalue weighted by Gasteiger charge is 2.21. The summed E-state index contributed by atoms with van der Waals surface area (Å²) in [4.78, 5) is 0. The second-order valence-electron chi connectivity index (χ2n) is 3.14. The summed E-state index contributed by atoms with van der Waals surface area (Å²) < 4.78 is 1.50. The van der Waals surface area contributed by atoms with Gasteiger partial charge in [-0.1, -0.05) is 11.6 Å². The van der Waals surface area contributed by atoms with E-state index in [0.29, 0.717) is 22.1 Å². The van der Waals surface area contributed by atoms with Gasteiger partial charge < -0.3 is 10.8 Å². The Balaban J connectivity index is 2.45. The van der Waals surface area contributed by atoms with Crippen LogP contribution in [0.5, 0.6) is 0 Å². The van der Waals surface area contributed by atoms with Gasteiger partial charge in [0, 0.05) is 12.6 Å². The standard InChI is InChI=1S/C8H10ClN5O/c1-14-6(5(9)3-12-14)7(15)4-2-11-13-8(4)10/h2-3,7,15H,1H3,(H3,10,11,13). The summed E-state index contributed by atoms with van der Waals surface area (Å²) in [6, 6.07) is 0. The third kappa shape index (κ3) is 1.57. The smallest absolute Gasteiger partial charge is 0.127 e. The van der Waals surface area contributed by atoms with Crippen LogP contribution in [0, 0.1) is 0 Å². The van der Waals surface area contributed by atoms with Crippen LogP contribution in [0.25, 0.3) is 0 Å². The zero-order valence-corrected chi connectivity index (χ0v) is 8.73. The quantitative estimate of drug-likeness (QED) is 0.695. The van der Waals surface area contributed by atoms with E-state index in [2.05, 4.69) is 15.3 Å². The molecule has 0 aliphatic rings. The number of anilines is 1. The summed E-state index contributed by atoms with van der Waals surface area (Å²) in [7, 11) is 1.70. The number of hydrogen-bond donors (Lipinski definition) is 3. The van der Waals surface area contributed by atoms with Crippen LogP contribution >= 0.6 is 11.6 Å². The zero-order chi connectivity index (χ0) is 11.0. The minimum Gasteiger partial charge on any atom is -0.384 e. The molecule has 0 aliphatic carbocycles. The van der Waals surface area contributed by atoms with E-state index in [1.807, 2.05) is 0 Å². The van der Waals surface area contributed by atoms with E-state index in [-0.39, 0.29) is 0 Å². The fraction of sp³-hybridized carbons (Fsp3) is 0.250. The molecule has 1 unspecified atom stereocenters. The fourth-order valence-corrected chi connectivity index (χ4v) is 1.67. The van der Waals surface area contributed by atoms with Crippen molar-refractivity contribution in [2.45, 2.75) is 6.10 Å². The summed E-state index contributed by atoms with van der Waals surface area (Å²) in [6.45, 7) is 0. The largest absolute Gasteiger partial charge is 0.384 e. The molecule has 7 heteroatoms. The summed E-state index contributed by atoms with van der Waals surface area (Å²) in [5, 5.41) is 20.6. The molecular formula is C8H10ClN5O. The molecule has 0 radical (unpaired) electrons. The lowest BCUT2D eigenvalue weighted by atomic mass is 10.1. The molecule has 0 spiro atoms. The molecule has 0 saturated heterocycles. The first-order valence-electron chi connectivity index (χ1n) is 4.25. The number of aromatic amines is 1. The Morgan fingerprint density at radius 1 is 1.60 bits per heavy atom.